The molecule has 0 aliphatic heterocycles. The first-order chi connectivity index (χ1) is 8.26. The van der Waals surface area contributed by atoms with E-state index < -0.39 is 0 Å². The van der Waals surface area contributed by atoms with Gasteiger partial charge in [-0.15, -0.1) is 0 Å². The highest BCUT2D eigenvalue weighted by molar-refractivity contribution is 4.80. The van der Waals surface area contributed by atoms with Crippen molar-refractivity contribution >= 4 is 0 Å². The van der Waals surface area contributed by atoms with Crippen LogP contribution in [0.15, 0.2) is 0 Å². The van der Waals surface area contributed by atoms with Gasteiger partial charge in [-0.25, -0.2) is 0 Å². The van der Waals surface area contributed by atoms with Crippen molar-refractivity contribution in [1.29, 1.82) is 0 Å². The summed E-state index contributed by atoms with van der Waals surface area (Å²) < 4.78 is 5.48. The second-order valence-corrected chi connectivity index (χ2v) is 5.64. The predicted molar refractivity (Wildman–Crippen MR) is 74.4 cm³/mol. The lowest BCUT2D eigenvalue weighted by atomic mass is 9.92. The van der Waals surface area contributed by atoms with Crippen molar-refractivity contribution in [2.24, 2.45) is 0 Å². The topological polar surface area (TPSA) is 21.3 Å². The molecule has 1 rings (SSSR count). The van der Waals surface area contributed by atoms with E-state index in [2.05, 4.69) is 19.2 Å². The van der Waals surface area contributed by atoms with Crippen LogP contribution in [0.25, 0.3) is 0 Å². The Kier molecular flexibility index (Phi) is 7.87. The van der Waals surface area contributed by atoms with Crippen LogP contribution in [-0.2, 0) is 4.74 Å². The zero-order valence-electron chi connectivity index (χ0n) is 12.0. The number of hydrogen-bond acceptors (Lipinski definition) is 2. The normalized spacial score (nSPS) is 27.0. The molecule has 0 saturated heterocycles. The lowest BCUT2D eigenvalue weighted by Gasteiger charge is -2.31. The standard InChI is InChI=1S/C15H31NO/c1-4-5-6-7-9-13(2)16-14-10-8-11-15(12-14)17-3/h13-16H,4-12H2,1-3H3. The highest BCUT2D eigenvalue weighted by atomic mass is 16.5. The monoisotopic (exact) mass is 241 g/mol. The van der Waals surface area contributed by atoms with E-state index in [-0.39, 0.29) is 0 Å². The fraction of sp³-hybridized carbons (Fsp3) is 1.00. The van der Waals surface area contributed by atoms with Crippen LogP contribution in [0.4, 0.5) is 0 Å². The Morgan fingerprint density at radius 1 is 1.24 bits per heavy atom. The molecule has 0 radical (unpaired) electrons. The molecular formula is C15H31NO. The zero-order valence-corrected chi connectivity index (χ0v) is 12.0. The molecule has 2 nitrogen and oxygen atoms in total. The van der Waals surface area contributed by atoms with Crippen molar-refractivity contribution in [3.05, 3.63) is 0 Å². The lowest BCUT2D eigenvalue weighted by Crippen LogP contribution is -2.41. The molecule has 0 spiro atoms. The Morgan fingerprint density at radius 3 is 2.76 bits per heavy atom. The van der Waals surface area contributed by atoms with Crippen LogP contribution in [0, 0.1) is 0 Å². The number of nitrogens with one attached hydrogen (secondary N) is 1. The van der Waals surface area contributed by atoms with Crippen molar-refractivity contribution in [3.8, 4) is 0 Å². The van der Waals surface area contributed by atoms with Crippen LogP contribution in [0.5, 0.6) is 0 Å². The van der Waals surface area contributed by atoms with Crippen molar-refractivity contribution < 1.29 is 4.74 Å². The quantitative estimate of drug-likeness (QED) is 0.651. The van der Waals surface area contributed by atoms with Gasteiger partial charge in [0.25, 0.3) is 0 Å². The molecule has 3 unspecified atom stereocenters. The van der Waals surface area contributed by atoms with Gasteiger partial charge in [0.2, 0.25) is 0 Å². The molecule has 1 N–H and O–H groups in total. The van der Waals surface area contributed by atoms with Gasteiger partial charge in [-0.2, -0.15) is 0 Å². The van der Waals surface area contributed by atoms with Crippen LogP contribution < -0.4 is 5.32 Å². The van der Waals surface area contributed by atoms with E-state index in [1.807, 2.05) is 7.11 Å². The van der Waals surface area contributed by atoms with Gasteiger partial charge in [-0.1, -0.05) is 32.6 Å². The first kappa shape index (κ1) is 15.0. The fourth-order valence-electron chi connectivity index (χ4n) is 2.87. The van der Waals surface area contributed by atoms with E-state index in [1.54, 1.807) is 0 Å². The number of unbranched alkanes of at least 4 members (excludes halogenated alkanes) is 3. The molecule has 1 fully saturated rings. The summed E-state index contributed by atoms with van der Waals surface area (Å²) in [7, 11) is 1.85. The van der Waals surface area contributed by atoms with Gasteiger partial charge in [0, 0.05) is 19.2 Å². The van der Waals surface area contributed by atoms with E-state index in [4.69, 9.17) is 4.74 Å². The molecule has 3 atom stereocenters. The van der Waals surface area contributed by atoms with Gasteiger partial charge < -0.3 is 10.1 Å². The molecule has 1 aliphatic rings. The van der Waals surface area contributed by atoms with Crippen molar-refractivity contribution in [2.75, 3.05) is 7.11 Å². The van der Waals surface area contributed by atoms with E-state index in [9.17, 15) is 0 Å². The zero-order chi connectivity index (χ0) is 12.5. The summed E-state index contributed by atoms with van der Waals surface area (Å²) in [6.45, 7) is 4.61. The average Bonchev–Trinajstić information content (AvgIpc) is 2.35. The first-order valence-electron chi connectivity index (χ1n) is 7.55. The number of rotatable bonds is 8. The van der Waals surface area contributed by atoms with Gasteiger partial charge in [0.15, 0.2) is 0 Å². The van der Waals surface area contributed by atoms with Gasteiger partial charge >= 0.3 is 0 Å². The summed E-state index contributed by atoms with van der Waals surface area (Å²) in [5.74, 6) is 0. The Hall–Kier alpha value is -0.0800. The van der Waals surface area contributed by atoms with Crippen LogP contribution in [0.2, 0.25) is 0 Å². The molecule has 2 heteroatoms. The van der Waals surface area contributed by atoms with Crippen LogP contribution in [0.1, 0.15) is 71.6 Å². The molecule has 0 bridgehead atoms. The fourth-order valence-corrected chi connectivity index (χ4v) is 2.87. The molecule has 1 aliphatic carbocycles. The smallest absolute Gasteiger partial charge is 0.0586 e. The summed E-state index contributed by atoms with van der Waals surface area (Å²) in [6, 6.07) is 1.36. The minimum atomic E-state index is 0.494. The largest absolute Gasteiger partial charge is 0.381 e. The molecule has 0 amide bonds. The summed E-state index contributed by atoms with van der Waals surface area (Å²) >= 11 is 0. The Balaban J connectivity index is 2.10. The molecule has 0 heterocycles. The van der Waals surface area contributed by atoms with Gasteiger partial charge in [0.1, 0.15) is 0 Å². The second kappa shape index (κ2) is 8.93. The summed E-state index contributed by atoms with van der Waals surface area (Å²) in [5, 5.41) is 3.78. The van der Waals surface area contributed by atoms with Gasteiger partial charge in [0.05, 0.1) is 6.10 Å². The highest BCUT2D eigenvalue weighted by Crippen LogP contribution is 2.21. The minimum Gasteiger partial charge on any atom is -0.381 e. The van der Waals surface area contributed by atoms with Crippen LogP contribution >= 0.6 is 0 Å². The molecule has 17 heavy (non-hydrogen) atoms. The average molecular weight is 241 g/mol. The number of methoxy groups -OCH3 is 1. The van der Waals surface area contributed by atoms with E-state index in [1.165, 1.54) is 57.8 Å². The van der Waals surface area contributed by atoms with Crippen LogP contribution in [-0.4, -0.2) is 25.3 Å². The van der Waals surface area contributed by atoms with Crippen LogP contribution in [0.3, 0.4) is 0 Å². The molecule has 0 aromatic carbocycles. The maximum Gasteiger partial charge on any atom is 0.0586 e. The Labute approximate surface area is 108 Å². The maximum absolute atomic E-state index is 5.48. The molecule has 0 aromatic rings. The lowest BCUT2D eigenvalue weighted by molar-refractivity contribution is 0.0570. The SMILES string of the molecule is CCCCCCC(C)NC1CCCC(OC)C1. The minimum absolute atomic E-state index is 0.494. The van der Waals surface area contributed by atoms with E-state index >= 15 is 0 Å². The van der Waals surface area contributed by atoms with Gasteiger partial charge in [-0.3, -0.25) is 0 Å². The maximum atomic E-state index is 5.48. The van der Waals surface area contributed by atoms with Gasteiger partial charge in [-0.05, 0) is 39.0 Å². The number of hydrogen-bond donors (Lipinski definition) is 1. The van der Waals surface area contributed by atoms with E-state index in [0.717, 1.165) is 0 Å². The summed E-state index contributed by atoms with van der Waals surface area (Å²) in [6.07, 6.45) is 12.4. The molecule has 1 saturated carbocycles. The van der Waals surface area contributed by atoms with E-state index in [0.29, 0.717) is 18.2 Å². The van der Waals surface area contributed by atoms with Crippen molar-refractivity contribution in [1.82, 2.24) is 5.32 Å². The third kappa shape index (κ3) is 6.42. The third-order valence-electron chi connectivity index (χ3n) is 3.97. The predicted octanol–water partition coefficient (Wildman–Crippen LogP) is 3.89. The third-order valence-corrected chi connectivity index (χ3v) is 3.97. The second-order valence-electron chi connectivity index (χ2n) is 5.64. The Morgan fingerprint density at radius 2 is 2.06 bits per heavy atom. The first-order valence-corrected chi connectivity index (χ1v) is 7.55. The number of ether oxygens (including phenoxy) is 1. The summed E-state index contributed by atoms with van der Waals surface area (Å²) in [4.78, 5) is 0. The Bertz CT molecular complexity index is 184. The highest BCUT2D eigenvalue weighted by Gasteiger charge is 2.22. The summed E-state index contributed by atoms with van der Waals surface area (Å²) in [5.41, 5.74) is 0. The molecule has 0 aromatic heterocycles. The van der Waals surface area contributed by atoms with Crippen molar-refractivity contribution in [3.63, 3.8) is 0 Å². The van der Waals surface area contributed by atoms with Crippen molar-refractivity contribution in [2.45, 2.75) is 89.8 Å². The molecule has 102 valence electrons. The molecular weight excluding hydrogens is 210 g/mol.